The van der Waals surface area contributed by atoms with Crippen LogP contribution in [0.3, 0.4) is 0 Å². The van der Waals surface area contributed by atoms with Gasteiger partial charge in [0.15, 0.2) is 0 Å². The summed E-state index contributed by atoms with van der Waals surface area (Å²) in [4.78, 5) is 22.4. The molecule has 0 radical (unpaired) electrons. The van der Waals surface area contributed by atoms with Gasteiger partial charge in [0.25, 0.3) is 0 Å². The number of aryl methyl sites for hydroxylation is 1. The molecule has 1 aliphatic rings. The standard InChI is InChI=1S/C17H24N6O2/c1-12(10-14-11-13(2)21-22-14)20-17(24)23-8-4-15(5-9-23)25-16-18-6-3-7-19-16/h3,6-7,11-12,15H,4-5,8-10H2,1-2H3,(H,20,24)(H,21,22). The van der Waals surface area contributed by atoms with E-state index in [9.17, 15) is 4.79 Å². The average Bonchev–Trinajstić information content (AvgIpc) is 3.01. The van der Waals surface area contributed by atoms with Crippen molar-refractivity contribution < 1.29 is 9.53 Å². The highest BCUT2D eigenvalue weighted by atomic mass is 16.5. The Hall–Kier alpha value is -2.64. The number of H-pyrrole nitrogens is 1. The molecule has 1 unspecified atom stereocenters. The molecule has 8 heteroatoms. The zero-order chi connectivity index (χ0) is 17.6. The molecule has 1 fully saturated rings. The molecule has 2 N–H and O–H groups in total. The first-order valence-electron chi connectivity index (χ1n) is 8.60. The predicted molar refractivity (Wildman–Crippen MR) is 92.3 cm³/mol. The molecule has 0 saturated carbocycles. The van der Waals surface area contributed by atoms with Crippen LogP contribution in [0.2, 0.25) is 0 Å². The van der Waals surface area contributed by atoms with Crippen molar-refractivity contribution in [2.75, 3.05) is 13.1 Å². The molecule has 25 heavy (non-hydrogen) atoms. The van der Waals surface area contributed by atoms with E-state index < -0.39 is 0 Å². The Kier molecular flexibility index (Phi) is 5.47. The molecule has 0 aliphatic carbocycles. The van der Waals surface area contributed by atoms with Gasteiger partial charge in [-0.1, -0.05) is 0 Å². The fourth-order valence-electron chi connectivity index (χ4n) is 2.92. The zero-order valence-corrected chi connectivity index (χ0v) is 14.6. The lowest BCUT2D eigenvalue weighted by molar-refractivity contribution is 0.102. The molecule has 3 rings (SSSR count). The number of aromatic nitrogens is 4. The number of piperidine rings is 1. The minimum Gasteiger partial charge on any atom is -0.460 e. The van der Waals surface area contributed by atoms with Crippen LogP contribution in [0.15, 0.2) is 24.5 Å². The molecule has 2 aromatic heterocycles. The number of carbonyl (C=O) groups excluding carboxylic acids is 1. The summed E-state index contributed by atoms with van der Waals surface area (Å²) in [6.07, 6.45) is 5.63. The van der Waals surface area contributed by atoms with Crippen LogP contribution < -0.4 is 10.1 Å². The topological polar surface area (TPSA) is 96.0 Å². The number of carbonyl (C=O) groups is 1. The number of rotatable bonds is 5. The second-order valence-electron chi connectivity index (χ2n) is 6.43. The maximum Gasteiger partial charge on any atom is 0.317 e. The van der Waals surface area contributed by atoms with E-state index in [0.29, 0.717) is 25.5 Å². The molecule has 1 atom stereocenters. The highest BCUT2D eigenvalue weighted by Gasteiger charge is 2.25. The van der Waals surface area contributed by atoms with E-state index in [0.717, 1.165) is 24.2 Å². The average molecular weight is 344 g/mol. The van der Waals surface area contributed by atoms with E-state index in [1.165, 1.54) is 0 Å². The largest absolute Gasteiger partial charge is 0.460 e. The SMILES string of the molecule is Cc1cc(CC(C)NC(=O)N2CCC(Oc3ncccn3)CC2)n[nH]1. The minimum absolute atomic E-state index is 0.0295. The van der Waals surface area contributed by atoms with E-state index in [4.69, 9.17) is 4.74 Å². The van der Waals surface area contributed by atoms with Crippen LogP contribution in [0.4, 0.5) is 4.79 Å². The van der Waals surface area contributed by atoms with Crippen molar-refractivity contribution >= 4 is 6.03 Å². The fourth-order valence-corrected chi connectivity index (χ4v) is 2.92. The summed E-state index contributed by atoms with van der Waals surface area (Å²) < 4.78 is 5.75. The number of nitrogens with one attached hydrogen (secondary N) is 2. The number of nitrogens with zero attached hydrogens (tertiary/aromatic N) is 4. The lowest BCUT2D eigenvalue weighted by atomic mass is 10.1. The van der Waals surface area contributed by atoms with Crippen LogP contribution in [0.1, 0.15) is 31.2 Å². The van der Waals surface area contributed by atoms with Gasteiger partial charge < -0.3 is 15.0 Å². The molecule has 134 valence electrons. The van der Waals surface area contributed by atoms with Gasteiger partial charge in [-0.3, -0.25) is 5.10 Å². The quantitative estimate of drug-likeness (QED) is 0.860. The first-order chi connectivity index (χ1) is 12.1. The van der Waals surface area contributed by atoms with Crippen molar-refractivity contribution in [1.82, 2.24) is 30.4 Å². The molecule has 0 spiro atoms. The summed E-state index contributed by atoms with van der Waals surface area (Å²) in [5.41, 5.74) is 1.98. The summed E-state index contributed by atoms with van der Waals surface area (Å²) in [5, 5.41) is 10.2. The smallest absolute Gasteiger partial charge is 0.317 e. The molecule has 2 amide bonds. The van der Waals surface area contributed by atoms with E-state index in [2.05, 4.69) is 25.5 Å². The second kappa shape index (κ2) is 7.96. The fraction of sp³-hybridized carbons (Fsp3) is 0.529. The van der Waals surface area contributed by atoms with Crippen LogP contribution in [0.5, 0.6) is 6.01 Å². The predicted octanol–water partition coefficient (Wildman–Crippen LogP) is 1.69. The maximum atomic E-state index is 12.4. The zero-order valence-electron chi connectivity index (χ0n) is 14.6. The number of aromatic amines is 1. The van der Waals surface area contributed by atoms with Crippen LogP contribution >= 0.6 is 0 Å². The van der Waals surface area contributed by atoms with Gasteiger partial charge in [0.2, 0.25) is 0 Å². The lowest BCUT2D eigenvalue weighted by Gasteiger charge is -2.32. The van der Waals surface area contributed by atoms with Crippen molar-refractivity contribution in [3.8, 4) is 6.01 Å². The third-order valence-electron chi connectivity index (χ3n) is 4.19. The highest BCUT2D eigenvalue weighted by molar-refractivity contribution is 5.74. The number of likely N-dealkylation sites (tertiary alicyclic amines) is 1. The molecule has 2 aromatic rings. The Morgan fingerprint density at radius 3 is 2.76 bits per heavy atom. The summed E-state index contributed by atoms with van der Waals surface area (Å²) in [7, 11) is 0. The Morgan fingerprint density at radius 1 is 1.40 bits per heavy atom. The van der Waals surface area contributed by atoms with E-state index in [1.54, 1.807) is 18.5 Å². The van der Waals surface area contributed by atoms with Gasteiger partial charge >= 0.3 is 12.0 Å². The number of ether oxygens (including phenoxy) is 1. The third kappa shape index (κ3) is 4.91. The molecular formula is C17H24N6O2. The van der Waals surface area contributed by atoms with Gasteiger partial charge in [0.05, 0.1) is 5.69 Å². The Balaban J connectivity index is 1.42. The summed E-state index contributed by atoms with van der Waals surface area (Å²) in [5.74, 6) is 0. The van der Waals surface area contributed by atoms with Crippen molar-refractivity contribution in [2.45, 2.75) is 45.3 Å². The second-order valence-corrected chi connectivity index (χ2v) is 6.43. The summed E-state index contributed by atoms with van der Waals surface area (Å²) in [6.45, 7) is 5.28. The van der Waals surface area contributed by atoms with Crippen LogP contribution in [0.25, 0.3) is 0 Å². The summed E-state index contributed by atoms with van der Waals surface area (Å²) in [6, 6.07) is 4.15. The van der Waals surface area contributed by atoms with Gasteiger partial charge in [-0.15, -0.1) is 0 Å². The Bertz CT molecular complexity index is 681. The normalized spacial score (nSPS) is 16.5. The van der Waals surface area contributed by atoms with Crippen molar-refractivity contribution in [2.24, 2.45) is 0 Å². The van der Waals surface area contributed by atoms with Crippen LogP contribution in [-0.4, -0.2) is 56.3 Å². The highest BCUT2D eigenvalue weighted by Crippen LogP contribution is 2.15. The van der Waals surface area contributed by atoms with E-state index in [1.807, 2.05) is 24.8 Å². The van der Waals surface area contributed by atoms with Crippen LogP contribution in [-0.2, 0) is 6.42 Å². The molecule has 0 aromatic carbocycles. The molecular weight excluding hydrogens is 320 g/mol. The number of hydrogen-bond donors (Lipinski definition) is 2. The molecule has 0 bridgehead atoms. The Labute approximate surface area is 147 Å². The van der Waals surface area contributed by atoms with E-state index in [-0.39, 0.29) is 18.2 Å². The van der Waals surface area contributed by atoms with Gasteiger partial charge in [-0.05, 0) is 26.0 Å². The summed E-state index contributed by atoms with van der Waals surface area (Å²) >= 11 is 0. The minimum atomic E-state index is -0.0332. The Morgan fingerprint density at radius 2 is 2.12 bits per heavy atom. The number of amides is 2. The van der Waals surface area contributed by atoms with Crippen molar-refractivity contribution in [1.29, 1.82) is 0 Å². The first kappa shape index (κ1) is 17.2. The molecule has 1 aliphatic heterocycles. The number of urea groups is 1. The third-order valence-corrected chi connectivity index (χ3v) is 4.19. The molecule has 3 heterocycles. The van der Waals surface area contributed by atoms with Gasteiger partial charge in [-0.25, -0.2) is 14.8 Å². The maximum absolute atomic E-state index is 12.4. The van der Waals surface area contributed by atoms with Crippen molar-refractivity contribution in [3.63, 3.8) is 0 Å². The molecule has 1 saturated heterocycles. The monoisotopic (exact) mass is 344 g/mol. The lowest BCUT2D eigenvalue weighted by Crippen LogP contribution is -2.49. The number of hydrogen-bond acceptors (Lipinski definition) is 5. The van der Waals surface area contributed by atoms with Crippen molar-refractivity contribution in [3.05, 3.63) is 35.9 Å². The molecule has 8 nitrogen and oxygen atoms in total. The van der Waals surface area contributed by atoms with Gasteiger partial charge in [-0.2, -0.15) is 5.10 Å². The first-order valence-corrected chi connectivity index (χ1v) is 8.60. The van der Waals surface area contributed by atoms with Gasteiger partial charge in [0, 0.05) is 56.5 Å². The van der Waals surface area contributed by atoms with Crippen LogP contribution in [0, 0.1) is 6.92 Å². The van der Waals surface area contributed by atoms with E-state index >= 15 is 0 Å². The van der Waals surface area contributed by atoms with Gasteiger partial charge in [0.1, 0.15) is 6.10 Å².